The lowest BCUT2D eigenvalue weighted by molar-refractivity contribution is 0.269. The molecule has 0 atom stereocenters. The quantitative estimate of drug-likeness (QED) is 0.563. The third kappa shape index (κ3) is 3.63. The number of hydrogen-bond acceptors (Lipinski definition) is 5. The van der Waals surface area contributed by atoms with Crippen molar-refractivity contribution in [1.29, 1.82) is 0 Å². The van der Waals surface area contributed by atoms with E-state index in [2.05, 4.69) is 15.2 Å². The molecule has 0 unspecified atom stereocenters. The van der Waals surface area contributed by atoms with Crippen LogP contribution in [0, 0.1) is 11.6 Å². The van der Waals surface area contributed by atoms with Crippen LogP contribution in [0.25, 0.3) is 16.8 Å². The van der Waals surface area contributed by atoms with E-state index in [1.165, 1.54) is 12.1 Å². The lowest BCUT2D eigenvalue weighted by Crippen LogP contribution is -2.01. The maximum atomic E-state index is 13.3. The molecule has 0 bridgehead atoms. The Kier molecular flexibility index (Phi) is 4.51. The molecule has 0 radical (unpaired) electrons. The Morgan fingerprint density at radius 1 is 1.07 bits per heavy atom. The van der Waals surface area contributed by atoms with Crippen LogP contribution in [0.3, 0.4) is 0 Å². The van der Waals surface area contributed by atoms with Gasteiger partial charge in [-0.3, -0.25) is 4.68 Å². The first-order valence-electron chi connectivity index (χ1n) is 8.18. The highest BCUT2D eigenvalue weighted by molar-refractivity contribution is 5.76. The van der Waals surface area contributed by atoms with Crippen molar-refractivity contribution >= 4 is 5.65 Å². The van der Waals surface area contributed by atoms with Crippen LogP contribution in [0.5, 0.6) is 5.88 Å². The molecule has 3 aromatic heterocycles. The summed E-state index contributed by atoms with van der Waals surface area (Å²) in [5.74, 6) is -1.01. The van der Waals surface area contributed by atoms with Crippen molar-refractivity contribution in [2.45, 2.75) is 13.2 Å². The summed E-state index contributed by atoms with van der Waals surface area (Å²) in [5, 5.41) is 17.4. The third-order valence-corrected chi connectivity index (χ3v) is 3.93. The van der Waals surface area contributed by atoms with Gasteiger partial charge in [0.25, 0.3) is 0 Å². The van der Waals surface area contributed by atoms with Gasteiger partial charge in [0.05, 0.1) is 25.5 Å². The Morgan fingerprint density at radius 2 is 1.89 bits per heavy atom. The molecular formula is C18H15F2N5O2. The number of halogens is 2. The fourth-order valence-electron chi connectivity index (χ4n) is 2.72. The van der Waals surface area contributed by atoms with Gasteiger partial charge >= 0.3 is 0 Å². The van der Waals surface area contributed by atoms with Crippen LogP contribution < -0.4 is 4.74 Å². The number of aliphatic hydroxyl groups excluding tert-OH is 1. The van der Waals surface area contributed by atoms with Crippen molar-refractivity contribution < 1.29 is 18.6 Å². The molecular weight excluding hydrogens is 356 g/mol. The summed E-state index contributed by atoms with van der Waals surface area (Å²) < 4.78 is 35.3. The normalized spacial score (nSPS) is 11.2. The highest BCUT2D eigenvalue weighted by Crippen LogP contribution is 2.24. The van der Waals surface area contributed by atoms with Crippen LogP contribution >= 0.6 is 0 Å². The van der Waals surface area contributed by atoms with E-state index in [4.69, 9.17) is 9.84 Å². The Hall–Kier alpha value is -3.33. The molecule has 27 heavy (non-hydrogen) atoms. The lowest BCUT2D eigenvalue weighted by Gasteiger charge is -2.06. The number of rotatable bonds is 6. The van der Waals surface area contributed by atoms with E-state index in [0.29, 0.717) is 23.6 Å². The molecule has 7 nitrogen and oxygen atoms in total. The number of aliphatic hydroxyl groups is 1. The van der Waals surface area contributed by atoms with Gasteiger partial charge in [0.15, 0.2) is 5.65 Å². The fraction of sp³-hybridized carbons (Fsp3) is 0.167. The molecule has 1 aromatic carbocycles. The first-order chi connectivity index (χ1) is 13.1. The maximum Gasteiger partial charge on any atom is 0.217 e. The van der Waals surface area contributed by atoms with Crippen LogP contribution in [-0.2, 0) is 13.2 Å². The van der Waals surface area contributed by atoms with Crippen molar-refractivity contribution in [1.82, 2.24) is 24.4 Å². The molecule has 0 amide bonds. The first-order valence-corrected chi connectivity index (χ1v) is 8.18. The number of nitrogens with zero attached hydrogens (tertiary/aromatic N) is 5. The van der Waals surface area contributed by atoms with Crippen molar-refractivity contribution in [3.8, 4) is 17.0 Å². The van der Waals surface area contributed by atoms with Gasteiger partial charge in [0.2, 0.25) is 5.88 Å². The molecule has 4 aromatic rings. The SMILES string of the molecule is OCCn1cc(-c2cnn3ccc(OCc4cc(F)cc(F)c4)nc23)cn1. The molecule has 0 aliphatic rings. The Morgan fingerprint density at radius 3 is 2.67 bits per heavy atom. The van der Waals surface area contributed by atoms with Gasteiger partial charge < -0.3 is 9.84 Å². The molecule has 0 saturated heterocycles. The van der Waals surface area contributed by atoms with E-state index in [0.717, 1.165) is 17.2 Å². The predicted molar refractivity (Wildman–Crippen MR) is 92.0 cm³/mol. The second-order valence-electron chi connectivity index (χ2n) is 5.87. The van der Waals surface area contributed by atoms with Gasteiger partial charge in [-0.25, -0.2) is 13.3 Å². The highest BCUT2D eigenvalue weighted by atomic mass is 19.1. The van der Waals surface area contributed by atoms with Crippen LogP contribution in [-0.4, -0.2) is 36.1 Å². The van der Waals surface area contributed by atoms with E-state index in [1.807, 2.05) is 0 Å². The van der Waals surface area contributed by atoms with E-state index in [9.17, 15) is 8.78 Å². The van der Waals surface area contributed by atoms with Gasteiger partial charge in [-0.15, -0.1) is 0 Å². The minimum absolute atomic E-state index is 0.00715. The van der Waals surface area contributed by atoms with Crippen LogP contribution in [0.4, 0.5) is 8.78 Å². The molecule has 4 rings (SSSR count). The third-order valence-electron chi connectivity index (χ3n) is 3.93. The molecule has 138 valence electrons. The number of hydrogen-bond donors (Lipinski definition) is 1. The van der Waals surface area contributed by atoms with Crippen molar-refractivity contribution in [2.24, 2.45) is 0 Å². The van der Waals surface area contributed by atoms with E-state index >= 15 is 0 Å². The summed E-state index contributed by atoms with van der Waals surface area (Å²) in [6, 6.07) is 4.85. The zero-order chi connectivity index (χ0) is 18.8. The summed E-state index contributed by atoms with van der Waals surface area (Å²) in [7, 11) is 0. The number of benzene rings is 1. The second kappa shape index (κ2) is 7.12. The molecule has 0 aliphatic heterocycles. The number of aromatic nitrogens is 5. The summed E-state index contributed by atoms with van der Waals surface area (Å²) >= 11 is 0. The molecule has 0 aliphatic carbocycles. The summed E-state index contributed by atoms with van der Waals surface area (Å²) in [4.78, 5) is 4.43. The minimum Gasteiger partial charge on any atom is -0.473 e. The molecule has 0 fully saturated rings. The Labute approximate surface area is 152 Å². The molecule has 0 spiro atoms. The minimum atomic E-state index is -0.657. The zero-order valence-corrected chi connectivity index (χ0v) is 14.1. The fourth-order valence-corrected chi connectivity index (χ4v) is 2.72. The summed E-state index contributed by atoms with van der Waals surface area (Å²) in [6.07, 6.45) is 6.80. The second-order valence-corrected chi connectivity index (χ2v) is 5.87. The van der Waals surface area contributed by atoms with Crippen molar-refractivity contribution in [3.63, 3.8) is 0 Å². The topological polar surface area (TPSA) is 77.5 Å². The van der Waals surface area contributed by atoms with E-state index < -0.39 is 11.6 Å². The van der Waals surface area contributed by atoms with Gasteiger partial charge in [-0.1, -0.05) is 0 Å². The average Bonchev–Trinajstić information content (AvgIpc) is 3.25. The first kappa shape index (κ1) is 17.1. The Bertz CT molecular complexity index is 1070. The Balaban J connectivity index is 1.59. The standard InChI is InChI=1S/C18H15F2N5O2/c19-14-5-12(6-15(20)7-14)11-27-17-1-2-25-18(23-17)16(9-22-25)13-8-21-24(10-13)3-4-26/h1-2,5-10,26H,3-4,11H2. The molecule has 3 heterocycles. The van der Waals surface area contributed by atoms with E-state index in [1.54, 1.807) is 40.1 Å². The zero-order valence-electron chi connectivity index (χ0n) is 14.1. The maximum absolute atomic E-state index is 13.3. The lowest BCUT2D eigenvalue weighted by atomic mass is 10.2. The van der Waals surface area contributed by atoms with Crippen LogP contribution in [0.1, 0.15) is 5.56 Å². The van der Waals surface area contributed by atoms with E-state index in [-0.39, 0.29) is 13.2 Å². The number of fused-ring (bicyclic) bond motifs is 1. The van der Waals surface area contributed by atoms with Crippen molar-refractivity contribution in [2.75, 3.05) is 6.61 Å². The monoisotopic (exact) mass is 371 g/mol. The average molecular weight is 371 g/mol. The molecule has 9 heteroatoms. The van der Waals surface area contributed by atoms with Gasteiger partial charge in [0.1, 0.15) is 18.2 Å². The van der Waals surface area contributed by atoms with Crippen molar-refractivity contribution in [3.05, 3.63) is 66.3 Å². The van der Waals surface area contributed by atoms with Gasteiger partial charge in [0, 0.05) is 35.7 Å². The smallest absolute Gasteiger partial charge is 0.217 e. The summed E-state index contributed by atoms with van der Waals surface area (Å²) in [6.45, 7) is 0.369. The summed E-state index contributed by atoms with van der Waals surface area (Å²) in [5.41, 5.74) is 2.48. The molecule has 1 N–H and O–H groups in total. The predicted octanol–water partition coefficient (Wildman–Crippen LogP) is 2.44. The number of ether oxygens (including phenoxy) is 1. The largest absolute Gasteiger partial charge is 0.473 e. The van der Waals surface area contributed by atoms with Crippen LogP contribution in [0.2, 0.25) is 0 Å². The molecule has 0 saturated carbocycles. The highest BCUT2D eigenvalue weighted by Gasteiger charge is 2.12. The van der Waals surface area contributed by atoms with Crippen LogP contribution in [0.15, 0.2) is 49.1 Å². The van der Waals surface area contributed by atoms with Gasteiger partial charge in [-0.2, -0.15) is 15.2 Å². The van der Waals surface area contributed by atoms with Gasteiger partial charge in [-0.05, 0) is 17.7 Å².